The average Bonchev–Trinajstić information content (AvgIpc) is 3.08. The number of aromatic nitrogens is 2. The number of benzene rings is 1. The Kier molecular flexibility index (Phi) is 5.90. The smallest absolute Gasteiger partial charge is 0.338 e. The second kappa shape index (κ2) is 7.92. The van der Waals surface area contributed by atoms with Gasteiger partial charge in [-0.3, -0.25) is 4.79 Å². The van der Waals surface area contributed by atoms with Crippen molar-refractivity contribution in [3.8, 4) is 11.5 Å². The zero-order valence-corrected chi connectivity index (χ0v) is 15.1. The lowest BCUT2D eigenvalue weighted by atomic mass is 10.1. The van der Waals surface area contributed by atoms with Crippen LogP contribution in [-0.4, -0.2) is 45.2 Å². The summed E-state index contributed by atoms with van der Waals surface area (Å²) in [7, 11) is 0. The summed E-state index contributed by atoms with van der Waals surface area (Å²) in [5.41, 5.74) is 1.05. The monoisotopic (exact) mass is 345 g/mol. The molecule has 0 aliphatic carbocycles. The first-order valence-corrected chi connectivity index (χ1v) is 8.21. The number of esters is 1. The maximum atomic E-state index is 12.5. The molecule has 0 radical (unpaired) electrons. The van der Waals surface area contributed by atoms with Crippen LogP contribution in [-0.2, 0) is 9.53 Å². The van der Waals surface area contributed by atoms with E-state index in [4.69, 9.17) is 9.15 Å². The molecular weight excluding hydrogens is 322 g/mol. The molecule has 0 aliphatic heterocycles. The SMILES string of the molecule is CC(C)N(C(=O)[C@@H](C)OC(=O)c1ccc(-c2nnco2)cc1)C(C)C. The summed E-state index contributed by atoms with van der Waals surface area (Å²) in [6.45, 7) is 9.32. The molecular formula is C18H23N3O4. The summed E-state index contributed by atoms with van der Waals surface area (Å²) in [5.74, 6) is -0.390. The van der Waals surface area contributed by atoms with Gasteiger partial charge in [-0.15, -0.1) is 10.2 Å². The molecule has 1 atom stereocenters. The van der Waals surface area contributed by atoms with E-state index < -0.39 is 12.1 Å². The van der Waals surface area contributed by atoms with Crippen LogP contribution < -0.4 is 0 Å². The van der Waals surface area contributed by atoms with Crippen LogP contribution >= 0.6 is 0 Å². The third-order valence-corrected chi connectivity index (χ3v) is 3.73. The van der Waals surface area contributed by atoms with E-state index in [9.17, 15) is 9.59 Å². The first-order valence-electron chi connectivity index (χ1n) is 8.21. The Balaban J connectivity index is 2.04. The van der Waals surface area contributed by atoms with Gasteiger partial charge in [0, 0.05) is 17.6 Å². The minimum Gasteiger partial charge on any atom is -0.449 e. The summed E-state index contributed by atoms with van der Waals surface area (Å²) in [6.07, 6.45) is 0.382. The van der Waals surface area contributed by atoms with E-state index in [1.54, 1.807) is 36.1 Å². The molecule has 1 aromatic carbocycles. The highest BCUT2D eigenvalue weighted by molar-refractivity contribution is 5.92. The number of amides is 1. The molecule has 7 nitrogen and oxygen atoms in total. The largest absolute Gasteiger partial charge is 0.449 e. The molecule has 1 amide bonds. The fourth-order valence-electron chi connectivity index (χ4n) is 2.64. The van der Waals surface area contributed by atoms with Gasteiger partial charge in [0.25, 0.3) is 5.91 Å². The Morgan fingerprint density at radius 1 is 1.04 bits per heavy atom. The van der Waals surface area contributed by atoms with E-state index >= 15 is 0 Å². The van der Waals surface area contributed by atoms with E-state index in [1.807, 2.05) is 27.7 Å². The predicted molar refractivity (Wildman–Crippen MR) is 91.7 cm³/mol. The maximum absolute atomic E-state index is 12.5. The molecule has 1 heterocycles. The van der Waals surface area contributed by atoms with E-state index in [-0.39, 0.29) is 18.0 Å². The molecule has 0 spiro atoms. The van der Waals surface area contributed by atoms with Crippen molar-refractivity contribution in [1.29, 1.82) is 0 Å². The molecule has 2 rings (SSSR count). The van der Waals surface area contributed by atoms with Crippen molar-refractivity contribution < 1.29 is 18.7 Å². The molecule has 0 N–H and O–H groups in total. The number of carbonyl (C=O) groups excluding carboxylic acids is 2. The number of hydrogen-bond donors (Lipinski definition) is 0. The van der Waals surface area contributed by atoms with Crippen molar-refractivity contribution in [2.24, 2.45) is 0 Å². The fraction of sp³-hybridized carbons (Fsp3) is 0.444. The fourth-order valence-corrected chi connectivity index (χ4v) is 2.64. The highest BCUT2D eigenvalue weighted by atomic mass is 16.5. The van der Waals surface area contributed by atoms with Gasteiger partial charge in [-0.2, -0.15) is 0 Å². The third kappa shape index (κ3) is 4.43. The minimum absolute atomic E-state index is 0.0299. The van der Waals surface area contributed by atoms with Crippen LogP contribution in [0.4, 0.5) is 0 Å². The Labute approximate surface area is 147 Å². The van der Waals surface area contributed by atoms with Crippen molar-refractivity contribution in [2.45, 2.75) is 52.8 Å². The molecule has 0 fully saturated rings. The van der Waals surface area contributed by atoms with E-state index in [1.165, 1.54) is 6.39 Å². The lowest BCUT2D eigenvalue weighted by molar-refractivity contribution is -0.143. The number of nitrogens with zero attached hydrogens (tertiary/aromatic N) is 3. The molecule has 0 saturated carbocycles. The van der Waals surface area contributed by atoms with Crippen molar-refractivity contribution in [1.82, 2.24) is 15.1 Å². The van der Waals surface area contributed by atoms with Gasteiger partial charge in [-0.05, 0) is 58.9 Å². The van der Waals surface area contributed by atoms with Gasteiger partial charge in [-0.25, -0.2) is 4.79 Å². The predicted octanol–water partition coefficient (Wildman–Crippen LogP) is 2.93. The first kappa shape index (κ1) is 18.6. The molecule has 2 aromatic rings. The summed E-state index contributed by atoms with van der Waals surface area (Å²) in [6, 6.07) is 6.63. The van der Waals surface area contributed by atoms with Crippen LogP contribution in [0.1, 0.15) is 45.0 Å². The second-order valence-electron chi connectivity index (χ2n) is 6.30. The molecule has 0 bridgehead atoms. The van der Waals surface area contributed by atoms with Crippen LogP contribution in [0.5, 0.6) is 0 Å². The summed E-state index contributed by atoms with van der Waals surface area (Å²) in [5, 5.41) is 7.41. The minimum atomic E-state index is -0.854. The second-order valence-corrected chi connectivity index (χ2v) is 6.30. The van der Waals surface area contributed by atoms with Crippen LogP contribution in [0.3, 0.4) is 0 Å². The van der Waals surface area contributed by atoms with Gasteiger partial charge >= 0.3 is 5.97 Å². The summed E-state index contributed by atoms with van der Waals surface area (Å²) in [4.78, 5) is 26.5. The Morgan fingerprint density at radius 3 is 2.12 bits per heavy atom. The number of hydrogen-bond acceptors (Lipinski definition) is 6. The normalized spacial score (nSPS) is 12.3. The van der Waals surface area contributed by atoms with Gasteiger partial charge in [-0.1, -0.05) is 0 Å². The van der Waals surface area contributed by atoms with Gasteiger partial charge in [0.05, 0.1) is 5.56 Å². The van der Waals surface area contributed by atoms with Crippen LogP contribution in [0.25, 0.3) is 11.5 Å². The molecule has 134 valence electrons. The molecule has 0 aliphatic rings. The van der Waals surface area contributed by atoms with Crippen LogP contribution in [0, 0.1) is 0 Å². The number of carbonyl (C=O) groups is 2. The molecule has 0 saturated heterocycles. The first-order chi connectivity index (χ1) is 11.8. The molecule has 0 unspecified atom stereocenters. The molecule has 1 aromatic heterocycles. The topological polar surface area (TPSA) is 85.5 Å². The zero-order valence-electron chi connectivity index (χ0n) is 15.1. The highest BCUT2D eigenvalue weighted by Crippen LogP contribution is 2.18. The maximum Gasteiger partial charge on any atom is 0.338 e. The quantitative estimate of drug-likeness (QED) is 0.748. The Hall–Kier alpha value is -2.70. The Morgan fingerprint density at radius 2 is 1.64 bits per heavy atom. The van der Waals surface area contributed by atoms with Crippen molar-refractivity contribution in [3.63, 3.8) is 0 Å². The van der Waals surface area contributed by atoms with Gasteiger partial charge in [0.1, 0.15) is 0 Å². The van der Waals surface area contributed by atoms with Crippen LogP contribution in [0.2, 0.25) is 0 Å². The Bertz CT molecular complexity index is 700. The van der Waals surface area contributed by atoms with Crippen molar-refractivity contribution in [2.75, 3.05) is 0 Å². The average molecular weight is 345 g/mol. The van der Waals surface area contributed by atoms with Gasteiger partial charge < -0.3 is 14.1 Å². The van der Waals surface area contributed by atoms with Crippen LogP contribution in [0.15, 0.2) is 35.1 Å². The third-order valence-electron chi connectivity index (χ3n) is 3.73. The van der Waals surface area contributed by atoms with Crippen molar-refractivity contribution in [3.05, 3.63) is 36.2 Å². The number of ether oxygens (including phenoxy) is 1. The van der Waals surface area contributed by atoms with Crippen molar-refractivity contribution >= 4 is 11.9 Å². The highest BCUT2D eigenvalue weighted by Gasteiger charge is 2.27. The van der Waals surface area contributed by atoms with E-state index in [2.05, 4.69) is 10.2 Å². The standard InChI is InChI=1S/C18H23N3O4/c1-11(2)21(12(3)4)17(22)13(5)25-18(23)15-8-6-14(7-9-15)16-20-19-10-24-16/h6-13H,1-5H3/t13-/m1/s1. The van der Waals surface area contributed by atoms with E-state index in [0.29, 0.717) is 17.0 Å². The summed E-state index contributed by atoms with van der Waals surface area (Å²) < 4.78 is 10.4. The molecule has 25 heavy (non-hydrogen) atoms. The van der Waals surface area contributed by atoms with E-state index in [0.717, 1.165) is 0 Å². The molecule has 7 heteroatoms. The summed E-state index contributed by atoms with van der Waals surface area (Å²) >= 11 is 0. The van der Waals surface area contributed by atoms with Gasteiger partial charge in [0.2, 0.25) is 12.3 Å². The number of rotatable bonds is 6. The lowest BCUT2D eigenvalue weighted by Crippen LogP contribution is -2.47. The lowest BCUT2D eigenvalue weighted by Gasteiger charge is -2.32. The zero-order chi connectivity index (χ0) is 18.6. The van der Waals surface area contributed by atoms with Gasteiger partial charge in [0.15, 0.2) is 6.10 Å².